The molecule has 0 saturated carbocycles. The number of carbonyl (C=O) groups is 2. The van der Waals surface area contributed by atoms with Crippen molar-refractivity contribution < 1.29 is 14.0 Å². The molecule has 3 rings (SSSR count). The minimum Gasteiger partial charge on any atom is -0.268 e. The number of carbonyl (C=O) groups excluding carboxylic acids is 2. The lowest BCUT2D eigenvalue weighted by molar-refractivity contribution is -0.122. The number of hydrogen-bond donors (Lipinski definition) is 0. The minimum absolute atomic E-state index is 0.268. The monoisotopic (exact) mass is 341 g/mol. The second-order valence-corrected chi connectivity index (χ2v) is 6.44. The minimum atomic E-state index is -0.409. The number of hydrogen-bond acceptors (Lipinski definition) is 3. The molecule has 1 aliphatic heterocycles. The maximum atomic E-state index is 13.7. The zero-order valence-electron chi connectivity index (χ0n) is 12.9. The molecule has 122 valence electrons. The zero-order valence-corrected chi connectivity index (χ0v) is 13.8. The number of thioether (sulfide) groups is 1. The van der Waals surface area contributed by atoms with Gasteiger partial charge in [-0.25, -0.2) is 4.39 Å². The van der Waals surface area contributed by atoms with Crippen molar-refractivity contribution in [2.75, 3.05) is 6.54 Å². The quantitative estimate of drug-likeness (QED) is 0.752. The van der Waals surface area contributed by atoms with Crippen LogP contribution in [0.15, 0.2) is 59.5 Å². The average Bonchev–Trinajstić information content (AvgIpc) is 2.85. The molecule has 5 heteroatoms. The third-order valence-corrected chi connectivity index (χ3v) is 4.66. The van der Waals surface area contributed by atoms with Crippen molar-refractivity contribution in [3.05, 3.63) is 76.4 Å². The lowest BCUT2D eigenvalue weighted by Gasteiger charge is -2.12. The molecule has 0 unspecified atom stereocenters. The smallest absolute Gasteiger partial charge is 0.268 e. The van der Waals surface area contributed by atoms with Crippen molar-refractivity contribution in [3.8, 4) is 0 Å². The largest absolute Gasteiger partial charge is 0.293 e. The third-order valence-electron chi connectivity index (χ3n) is 3.76. The van der Waals surface area contributed by atoms with Crippen molar-refractivity contribution in [3.63, 3.8) is 0 Å². The first-order chi connectivity index (χ1) is 11.6. The van der Waals surface area contributed by atoms with Crippen molar-refractivity contribution in [2.24, 2.45) is 0 Å². The van der Waals surface area contributed by atoms with E-state index in [4.69, 9.17) is 0 Å². The number of aryl methyl sites for hydroxylation is 1. The van der Waals surface area contributed by atoms with Gasteiger partial charge < -0.3 is 0 Å². The molecule has 1 fully saturated rings. The summed E-state index contributed by atoms with van der Waals surface area (Å²) in [6, 6.07) is 16.1. The van der Waals surface area contributed by atoms with Crippen molar-refractivity contribution in [2.45, 2.75) is 12.8 Å². The van der Waals surface area contributed by atoms with Gasteiger partial charge in [0.05, 0.1) is 4.91 Å². The molecule has 0 aromatic heterocycles. The van der Waals surface area contributed by atoms with Crippen LogP contribution in [0.1, 0.15) is 17.5 Å². The van der Waals surface area contributed by atoms with E-state index in [9.17, 15) is 14.0 Å². The first-order valence-corrected chi connectivity index (χ1v) is 8.50. The van der Waals surface area contributed by atoms with Gasteiger partial charge in [0.15, 0.2) is 0 Å². The summed E-state index contributed by atoms with van der Waals surface area (Å²) in [6.45, 7) is 0.369. The highest BCUT2D eigenvalue weighted by Gasteiger charge is 2.34. The Morgan fingerprint density at radius 1 is 1.00 bits per heavy atom. The zero-order chi connectivity index (χ0) is 16.9. The van der Waals surface area contributed by atoms with E-state index in [0.717, 1.165) is 18.2 Å². The Labute approximate surface area is 144 Å². The summed E-state index contributed by atoms with van der Waals surface area (Å²) < 4.78 is 13.7. The summed E-state index contributed by atoms with van der Waals surface area (Å²) >= 11 is 0.863. The van der Waals surface area contributed by atoms with E-state index in [1.807, 2.05) is 30.3 Å². The second kappa shape index (κ2) is 7.45. The summed E-state index contributed by atoms with van der Waals surface area (Å²) in [7, 11) is 0. The van der Waals surface area contributed by atoms with Gasteiger partial charge in [0.25, 0.3) is 11.1 Å². The SMILES string of the molecule is O=C1S/C(=C/c2ccccc2F)C(=O)N1CCCc1ccccc1. The molecule has 1 aliphatic rings. The van der Waals surface area contributed by atoms with E-state index in [1.165, 1.54) is 22.6 Å². The topological polar surface area (TPSA) is 37.4 Å². The van der Waals surface area contributed by atoms with E-state index >= 15 is 0 Å². The van der Waals surface area contributed by atoms with Crippen LogP contribution in [0, 0.1) is 5.82 Å². The number of benzene rings is 2. The molecular formula is C19H16FNO2S. The van der Waals surface area contributed by atoms with E-state index in [-0.39, 0.29) is 16.1 Å². The fourth-order valence-electron chi connectivity index (χ4n) is 2.51. The van der Waals surface area contributed by atoms with Crippen LogP contribution < -0.4 is 0 Å². The van der Waals surface area contributed by atoms with Gasteiger partial charge in [-0.05, 0) is 42.3 Å². The first-order valence-electron chi connectivity index (χ1n) is 7.69. The highest BCUT2D eigenvalue weighted by molar-refractivity contribution is 8.18. The predicted molar refractivity (Wildman–Crippen MR) is 93.8 cm³/mol. The molecule has 2 aromatic carbocycles. The molecule has 0 bridgehead atoms. The summed E-state index contributed by atoms with van der Waals surface area (Å²) in [5, 5.41) is -0.296. The van der Waals surface area contributed by atoms with Gasteiger partial charge in [-0.2, -0.15) is 0 Å². The van der Waals surface area contributed by atoms with Crippen molar-refractivity contribution >= 4 is 29.0 Å². The van der Waals surface area contributed by atoms with Crippen LogP contribution in [0.4, 0.5) is 9.18 Å². The van der Waals surface area contributed by atoms with Gasteiger partial charge in [0.2, 0.25) is 0 Å². The van der Waals surface area contributed by atoms with Gasteiger partial charge >= 0.3 is 0 Å². The molecule has 2 amide bonds. The van der Waals surface area contributed by atoms with Crippen molar-refractivity contribution in [1.82, 2.24) is 4.90 Å². The first kappa shape index (κ1) is 16.5. The molecule has 1 heterocycles. The third kappa shape index (κ3) is 3.74. The standard InChI is InChI=1S/C19H16FNO2S/c20-16-11-5-4-10-15(16)13-17-18(22)21(19(23)24-17)12-6-9-14-7-2-1-3-8-14/h1-5,7-8,10-11,13H,6,9,12H2/b17-13+. The molecule has 0 N–H and O–H groups in total. The maximum Gasteiger partial charge on any atom is 0.293 e. The average molecular weight is 341 g/mol. The van der Waals surface area contributed by atoms with Gasteiger partial charge in [-0.1, -0.05) is 48.5 Å². The Balaban J connectivity index is 1.65. The van der Waals surface area contributed by atoms with Crippen LogP contribution in [0.5, 0.6) is 0 Å². The lowest BCUT2D eigenvalue weighted by atomic mass is 10.1. The summed E-state index contributed by atoms with van der Waals surface area (Å²) in [4.78, 5) is 25.9. The maximum absolute atomic E-state index is 13.7. The number of imide groups is 1. The molecule has 3 nitrogen and oxygen atoms in total. The molecule has 0 atom stereocenters. The van der Waals surface area contributed by atoms with Crippen LogP contribution in [-0.4, -0.2) is 22.6 Å². The van der Waals surface area contributed by atoms with Gasteiger partial charge in [0.1, 0.15) is 5.82 Å². The molecular weight excluding hydrogens is 325 g/mol. The highest BCUT2D eigenvalue weighted by atomic mass is 32.2. The summed E-state index contributed by atoms with van der Waals surface area (Å²) in [6.07, 6.45) is 2.95. The fourth-order valence-corrected chi connectivity index (χ4v) is 3.37. The Bertz CT molecular complexity index is 789. The Hall–Kier alpha value is -2.40. The van der Waals surface area contributed by atoms with E-state index in [1.54, 1.807) is 18.2 Å². The van der Waals surface area contributed by atoms with E-state index in [2.05, 4.69) is 0 Å². The second-order valence-electron chi connectivity index (χ2n) is 5.44. The van der Waals surface area contributed by atoms with E-state index in [0.29, 0.717) is 18.5 Å². The van der Waals surface area contributed by atoms with E-state index < -0.39 is 5.82 Å². The highest BCUT2D eigenvalue weighted by Crippen LogP contribution is 2.32. The molecule has 2 aromatic rings. The molecule has 0 radical (unpaired) electrons. The Morgan fingerprint density at radius 2 is 1.71 bits per heavy atom. The summed E-state index contributed by atoms with van der Waals surface area (Å²) in [5.41, 5.74) is 1.48. The predicted octanol–water partition coefficient (Wildman–Crippen LogP) is 4.49. The number of amides is 2. The van der Waals surface area contributed by atoms with Crippen LogP contribution >= 0.6 is 11.8 Å². The molecule has 24 heavy (non-hydrogen) atoms. The van der Waals surface area contributed by atoms with Gasteiger partial charge in [-0.15, -0.1) is 0 Å². The molecule has 0 aliphatic carbocycles. The van der Waals surface area contributed by atoms with Crippen LogP contribution in [0.3, 0.4) is 0 Å². The number of halogens is 1. The number of rotatable bonds is 5. The lowest BCUT2D eigenvalue weighted by Crippen LogP contribution is -2.29. The summed E-state index contributed by atoms with van der Waals surface area (Å²) in [5.74, 6) is -0.755. The Morgan fingerprint density at radius 3 is 2.46 bits per heavy atom. The normalized spacial score (nSPS) is 16.2. The van der Waals surface area contributed by atoms with Crippen molar-refractivity contribution in [1.29, 1.82) is 0 Å². The van der Waals surface area contributed by atoms with Crippen LogP contribution in [0.25, 0.3) is 6.08 Å². The number of nitrogens with zero attached hydrogens (tertiary/aromatic N) is 1. The Kier molecular flexibility index (Phi) is 5.11. The molecule has 1 saturated heterocycles. The van der Waals surface area contributed by atoms with Gasteiger partial charge in [-0.3, -0.25) is 14.5 Å². The molecule has 0 spiro atoms. The fraction of sp³-hybridized carbons (Fsp3) is 0.158. The van der Waals surface area contributed by atoms with Gasteiger partial charge in [0, 0.05) is 12.1 Å². The van der Waals surface area contributed by atoms with Crippen LogP contribution in [-0.2, 0) is 11.2 Å². The van der Waals surface area contributed by atoms with Crippen LogP contribution in [0.2, 0.25) is 0 Å².